The number of piperazine rings is 1. The first kappa shape index (κ1) is 16.4. The highest BCUT2D eigenvalue weighted by atomic mass is 32.1. The Morgan fingerprint density at radius 2 is 1.96 bits per heavy atom. The summed E-state index contributed by atoms with van der Waals surface area (Å²) in [6.45, 7) is 7.85. The van der Waals surface area contributed by atoms with Crippen LogP contribution in [0.3, 0.4) is 0 Å². The number of nitrogens with zero attached hydrogens (tertiary/aromatic N) is 1. The van der Waals surface area contributed by atoms with E-state index in [0.717, 1.165) is 44.1 Å². The molecule has 0 saturated carbocycles. The third kappa shape index (κ3) is 3.51. The van der Waals surface area contributed by atoms with E-state index in [-0.39, 0.29) is 11.6 Å². The van der Waals surface area contributed by atoms with Crippen LogP contribution in [0.2, 0.25) is 0 Å². The Balaban J connectivity index is 1.45. The van der Waals surface area contributed by atoms with Crippen molar-refractivity contribution >= 4 is 22.2 Å². The molecule has 0 aliphatic carbocycles. The first-order chi connectivity index (χ1) is 12.2. The quantitative estimate of drug-likeness (QED) is 0.618. The molecule has 3 N–H and O–H groups in total. The fraction of sp³-hybridized carbons (Fsp3) is 0.368. The van der Waals surface area contributed by atoms with Gasteiger partial charge in [0.05, 0.1) is 15.8 Å². The number of quaternary nitrogens is 2. The minimum atomic E-state index is -0.0335. The lowest BCUT2D eigenvalue weighted by Crippen LogP contribution is -3.27. The standard InChI is InChI=1S/C19H22N4OS/c1-14(18-20-17-7-3-2-6-16(17)19(24)21-18)23-10-8-22(9-11-23)13-15-5-4-12-25-15/h2-7,12,14H,8-11,13H2,1H3,(H,20,21,24)/p+2/t14-/m0/s1. The molecule has 4 rings (SSSR count). The summed E-state index contributed by atoms with van der Waals surface area (Å²) in [5.74, 6) is 0.806. The van der Waals surface area contributed by atoms with Crippen LogP contribution in [0.25, 0.3) is 10.9 Å². The zero-order valence-electron chi connectivity index (χ0n) is 14.4. The van der Waals surface area contributed by atoms with E-state index >= 15 is 0 Å². The maximum atomic E-state index is 12.3. The Morgan fingerprint density at radius 1 is 1.16 bits per heavy atom. The van der Waals surface area contributed by atoms with Gasteiger partial charge in [-0.15, -0.1) is 11.3 Å². The average molecular weight is 356 g/mol. The van der Waals surface area contributed by atoms with Gasteiger partial charge < -0.3 is 14.8 Å². The van der Waals surface area contributed by atoms with Gasteiger partial charge in [-0.1, -0.05) is 18.2 Å². The number of thiophene rings is 1. The first-order valence-electron chi connectivity index (χ1n) is 8.90. The van der Waals surface area contributed by atoms with E-state index in [1.807, 2.05) is 35.6 Å². The molecule has 3 heterocycles. The highest BCUT2D eigenvalue weighted by molar-refractivity contribution is 7.09. The normalized spacial score (nSPS) is 22.1. The minimum Gasteiger partial charge on any atom is -0.321 e. The summed E-state index contributed by atoms with van der Waals surface area (Å²) in [6.07, 6.45) is 0. The van der Waals surface area contributed by atoms with Gasteiger partial charge in [0.1, 0.15) is 38.8 Å². The highest BCUT2D eigenvalue weighted by Gasteiger charge is 2.29. The highest BCUT2D eigenvalue weighted by Crippen LogP contribution is 2.09. The number of nitrogens with one attached hydrogen (secondary N) is 3. The Hall–Kier alpha value is -2.02. The second-order valence-corrected chi connectivity index (χ2v) is 7.89. The molecule has 3 aromatic rings. The summed E-state index contributed by atoms with van der Waals surface area (Å²) >= 11 is 1.85. The smallest absolute Gasteiger partial charge is 0.258 e. The molecule has 0 spiro atoms. The molecule has 2 aromatic heterocycles. The molecule has 0 unspecified atom stereocenters. The third-order valence-corrected chi connectivity index (χ3v) is 6.13. The molecule has 1 aliphatic rings. The lowest BCUT2D eigenvalue weighted by atomic mass is 10.2. The van der Waals surface area contributed by atoms with Gasteiger partial charge in [-0.3, -0.25) is 4.79 Å². The van der Waals surface area contributed by atoms with Crippen molar-refractivity contribution in [3.8, 4) is 0 Å². The summed E-state index contributed by atoms with van der Waals surface area (Å²) in [5, 5.41) is 2.82. The van der Waals surface area contributed by atoms with Gasteiger partial charge in [-0.2, -0.15) is 0 Å². The Labute approximate surface area is 150 Å². The van der Waals surface area contributed by atoms with Gasteiger partial charge in [0, 0.05) is 0 Å². The maximum absolute atomic E-state index is 12.3. The fourth-order valence-electron chi connectivity index (χ4n) is 3.70. The van der Waals surface area contributed by atoms with Gasteiger partial charge in [0.25, 0.3) is 5.56 Å². The molecule has 1 fully saturated rings. The zero-order valence-corrected chi connectivity index (χ0v) is 15.2. The van der Waals surface area contributed by atoms with Crippen LogP contribution in [-0.2, 0) is 6.54 Å². The molecular formula is C19H24N4OS+2. The number of para-hydroxylation sites is 1. The van der Waals surface area contributed by atoms with Crippen molar-refractivity contribution in [3.63, 3.8) is 0 Å². The summed E-state index contributed by atoms with van der Waals surface area (Å²) in [7, 11) is 0. The van der Waals surface area contributed by atoms with Gasteiger partial charge >= 0.3 is 0 Å². The van der Waals surface area contributed by atoms with Crippen molar-refractivity contribution in [1.29, 1.82) is 0 Å². The maximum Gasteiger partial charge on any atom is 0.258 e. The number of hydrogen-bond donors (Lipinski definition) is 3. The van der Waals surface area contributed by atoms with Gasteiger partial charge in [-0.25, -0.2) is 4.98 Å². The van der Waals surface area contributed by atoms with Crippen LogP contribution in [0.15, 0.2) is 46.6 Å². The van der Waals surface area contributed by atoms with E-state index in [1.165, 1.54) is 9.78 Å². The summed E-state index contributed by atoms with van der Waals surface area (Å²) in [4.78, 5) is 24.6. The van der Waals surface area contributed by atoms with Crippen LogP contribution in [0, 0.1) is 0 Å². The lowest BCUT2D eigenvalue weighted by Gasteiger charge is -2.32. The van der Waals surface area contributed by atoms with Crippen molar-refractivity contribution in [1.82, 2.24) is 9.97 Å². The van der Waals surface area contributed by atoms with Crippen LogP contribution in [0.4, 0.5) is 0 Å². The predicted octanol–water partition coefficient (Wildman–Crippen LogP) is 0.0292. The third-order valence-electron chi connectivity index (χ3n) is 5.26. The molecule has 1 aliphatic heterocycles. The topological polar surface area (TPSA) is 54.6 Å². The summed E-state index contributed by atoms with van der Waals surface area (Å²) < 4.78 is 0. The van der Waals surface area contributed by atoms with E-state index in [1.54, 1.807) is 4.90 Å². The Kier molecular flexibility index (Phi) is 4.65. The summed E-state index contributed by atoms with van der Waals surface area (Å²) in [6, 6.07) is 12.1. The summed E-state index contributed by atoms with van der Waals surface area (Å²) in [5.41, 5.74) is 0.753. The Bertz CT molecular complexity index is 897. The van der Waals surface area contributed by atoms with Crippen LogP contribution in [0.5, 0.6) is 0 Å². The van der Waals surface area contributed by atoms with Gasteiger partial charge in [-0.05, 0) is 30.5 Å². The van der Waals surface area contributed by atoms with Crippen molar-refractivity contribution in [2.24, 2.45) is 0 Å². The second kappa shape index (κ2) is 7.07. The van der Waals surface area contributed by atoms with E-state index in [2.05, 4.69) is 29.4 Å². The minimum absolute atomic E-state index is 0.0335. The van der Waals surface area contributed by atoms with Gasteiger partial charge in [0.2, 0.25) is 0 Å². The molecule has 0 radical (unpaired) electrons. The molecule has 25 heavy (non-hydrogen) atoms. The van der Waals surface area contributed by atoms with Crippen molar-refractivity contribution < 1.29 is 9.80 Å². The SMILES string of the molecule is C[C@@H](c1nc2ccccc2c(=O)[nH]1)[NH+]1CC[NH+](Cc2cccs2)CC1. The zero-order chi connectivity index (χ0) is 17.2. The van der Waals surface area contributed by atoms with Crippen LogP contribution in [0.1, 0.15) is 23.7 Å². The van der Waals surface area contributed by atoms with E-state index in [4.69, 9.17) is 4.98 Å². The van der Waals surface area contributed by atoms with Crippen LogP contribution < -0.4 is 15.4 Å². The van der Waals surface area contributed by atoms with Crippen LogP contribution in [-0.4, -0.2) is 36.1 Å². The number of aromatic nitrogens is 2. The monoisotopic (exact) mass is 356 g/mol. The lowest BCUT2D eigenvalue weighted by molar-refractivity contribution is -1.03. The van der Waals surface area contributed by atoms with E-state index in [0.29, 0.717) is 5.39 Å². The average Bonchev–Trinajstić information content (AvgIpc) is 3.15. The number of aromatic amines is 1. The molecule has 0 bridgehead atoms. The molecule has 130 valence electrons. The molecule has 1 atom stereocenters. The number of benzene rings is 1. The molecular weight excluding hydrogens is 332 g/mol. The second-order valence-electron chi connectivity index (χ2n) is 6.85. The molecule has 6 heteroatoms. The van der Waals surface area contributed by atoms with E-state index < -0.39 is 0 Å². The van der Waals surface area contributed by atoms with Crippen LogP contribution >= 0.6 is 11.3 Å². The van der Waals surface area contributed by atoms with Crippen molar-refractivity contribution in [2.75, 3.05) is 26.2 Å². The number of fused-ring (bicyclic) bond motifs is 1. The van der Waals surface area contributed by atoms with Crippen molar-refractivity contribution in [3.05, 3.63) is 62.8 Å². The Morgan fingerprint density at radius 3 is 2.72 bits per heavy atom. The number of H-pyrrole nitrogens is 1. The predicted molar refractivity (Wildman–Crippen MR) is 100 cm³/mol. The first-order valence-corrected chi connectivity index (χ1v) is 9.78. The fourth-order valence-corrected chi connectivity index (χ4v) is 4.47. The molecule has 1 saturated heterocycles. The number of rotatable bonds is 4. The molecule has 1 aromatic carbocycles. The molecule has 5 nitrogen and oxygen atoms in total. The molecule has 0 amide bonds. The van der Waals surface area contributed by atoms with Gasteiger partial charge in [0.15, 0.2) is 5.82 Å². The van der Waals surface area contributed by atoms with Crippen molar-refractivity contribution in [2.45, 2.75) is 19.5 Å². The number of hydrogen-bond acceptors (Lipinski definition) is 3. The largest absolute Gasteiger partial charge is 0.321 e. The van der Waals surface area contributed by atoms with E-state index in [9.17, 15) is 4.79 Å².